The zero-order valence-corrected chi connectivity index (χ0v) is 18.4. The molecule has 0 saturated heterocycles. The molecule has 158 valence electrons. The Bertz CT molecular complexity index is 827. The third-order valence-corrected chi connectivity index (χ3v) is 6.24. The summed E-state index contributed by atoms with van der Waals surface area (Å²) in [4.78, 5) is 14.1. The van der Waals surface area contributed by atoms with E-state index in [-0.39, 0.29) is 11.8 Å². The fourth-order valence-electron chi connectivity index (χ4n) is 4.23. The number of amides is 1. The molecule has 1 aliphatic rings. The molecule has 0 spiro atoms. The Kier molecular flexibility index (Phi) is 7.01. The van der Waals surface area contributed by atoms with Crippen LogP contribution in [0.1, 0.15) is 41.4 Å². The highest BCUT2D eigenvalue weighted by atomic mass is 16.5. The Morgan fingerprint density at radius 1 is 1.34 bits per heavy atom. The van der Waals surface area contributed by atoms with Crippen LogP contribution in [0, 0.1) is 25.7 Å². The first-order valence-corrected chi connectivity index (χ1v) is 10.7. The minimum absolute atomic E-state index is 0.0280. The van der Waals surface area contributed by atoms with Crippen LogP contribution >= 0.6 is 0 Å². The van der Waals surface area contributed by atoms with E-state index in [0.717, 1.165) is 43.9 Å². The molecule has 1 amide bonds. The van der Waals surface area contributed by atoms with Gasteiger partial charge in [0, 0.05) is 5.92 Å². The second-order valence-corrected chi connectivity index (χ2v) is 8.67. The monoisotopic (exact) mass is 399 g/mol. The van der Waals surface area contributed by atoms with Crippen LogP contribution in [0.2, 0.25) is 0 Å². The maximum absolute atomic E-state index is 12.7. The predicted molar refractivity (Wildman–Crippen MR) is 114 cm³/mol. The first-order valence-electron chi connectivity index (χ1n) is 10.7. The van der Waals surface area contributed by atoms with Crippen LogP contribution in [0.15, 0.2) is 28.9 Å². The van der Waals surface area contributed by atoms with E-state index in [4.69, 9.17) is 9.15 Å². The van der Waals surface area contributed by atoms with Crippen LogP contribution in [0.4, 0.5) is 0 Å². The van der Waals surface area contributed by atoms with Gasteiger partial charge in [0.25, 0.3) is 0 Å². The number of rotatable bonds is 8. The Balaban J connectivity index is 1.68. The van der Waals surface area contributed by atoms with E-state index in [0.29, 0.717) is 12.5 Å². The molecule has 2 atom stereocenters. The molecule has 0 unspecified atom stereocenters. The topological polar surface area (TPSA) is 55.9 Å². The summed E-state index contributed by atoms with van der Waals surface area (Å²) in [6.45, 7) is 8.54. The minimum Gasteiger partial charge on any atom is -0.487 e. The number of likely N-dealkylation sites (N-methyl/N-ethyl adjacent to an activating group) is 1. The van der Waals surface area contributed by atoms with Crippen molar-refractivity contribution in [2.75, 3.05) is 27.2 Å². The molecule has 0 radical (unpaired) electrons. The van der Waals surface area contributed by atoms with Crippen LogP contribution < -0.4 is 15.0 Å². The van der Waals surface area contributed by atoms with Crippen LogP contribution in [-0.4, -0.2) is 33.2 Å². The first kappa shape index (κ1) is 21.4. The van der Waals surface area contributed by atoms with Crippen molar-refractivity contribution in [3.05, 3.63) is 52.5 Å². The summed E-state index contributed by atoms with van der Waals surface area (Å²) >= 11 is 0. The van der Waals surface area contributed by atoms with E-state index in [1.165, 1.54) is 27.2 Å². The number of aryl methyl sites for hydroxylation is 1. The number of quaternary nitrogens is 1. The number of hydrogen-bond acceptors (Lipinski definition) is 3. The molecular weight excluding hydrogens is 364 g/mol. The van der Waals surface area contributed by atoms with E-state index in [1.54, 1.807) is 6.26 Å². The lowest BCUT2D eigenvalue weighted by molar-refractivity contribution is -0.858. The summed E-state index contributed by atoms with van der Waals surface area (Å²) in [5.41, 5.74) is 5.39. The molecule has 1 aromatic carbocycles. The van der Waals surface area contributed by atoms with Gasteiger partial charge < -0.3 is 19.4 Å². The molecule has 0 fully saturated rings. The molecule has 1 aliphatic carbocycles. The van der Waals surface area contributed by atoms with Gasteiger partial charge in [0.15, 0.2) is 0 Å². The van der Waals surface area contributed by atoms with Crippen LogP contribution in [0.25, 0.3) is 0 Å². The Morgan fingerprint density at radius 2 is 2.14 bits per heavy atom. The number of furan rings is 1. The fourth-order valence-corrected chi connectivity index (χ4v) is 4.23. The van der Waals surface area contributed by atoms with Crippen molar-refractivity contribution in [3.63, 3.8) is 0 Å². The van der Waals surface area contributed by atoms with Gasteiger partial charge in [0.05, 0.1) is 26.9 Å². The summed E-state index contributed by atoms with van der Waals surface area (Å²) in [6, 6.07) is 5.92. The summed E-state index contributed by atoms with van der Waals surface area (Å²) in [5, 5.41) is 3.02. The highest BCUT2D eigenvalue weighted by molar-refractivity contribution is 5.78. The number of nitrogens with one attached hydrogen (secondary N) is 2. The van der Waals surface area contributed by atoms with Crippen molar-refractivity contribution in [1.29, 1.82) is 0 Å². The van der Waals surface area contributed by atoms with Crippen LogP contribution in [-0.2, 0) is 24.2 Å². The van der Waals surface area contributed by atoms with Gasteiger partial charge >= 0.3 is 0 Å². The molecule has 5 nitrogen and oxygen atoms in total. The minimum atomic E-state index is -0.0280. The van der Waals surface area contributed by atoms with E-state index in [2.05, 4.69) is 46.2 Å². The fraction of sp³-hybridized carbons (Fsp3) is 0.542. The highest BCUT2D eigenvalue weighted by Crippen LogP contribution is 2.37. The van der Waals surface area contributed by atoms with E-state index >= 15 is 0 Å². The summed E-state index contributed by atoms with van der Waals surface area (Å²) in [7, 11) is 4.27. The van der Waals surface area contributed by atoms with Crippen molar-refractivity contribution in [3.8, 4) is 5.75 Å². The average Bonchev–Trinajstić information content (AvgIpc) is 3.22. The molecule has 29 heavy (non-hydrogen) atoms. The smallest absolute Gasteiger partial charge is 0.223 e. The van der Waals surface area contributed by atoms with Gasteiger partial charge in [-0.05, 0) is 79.5 Å². The van der Waals surface area contributed by atoms with Gasteiger partial charge in [-0.2, -0.15) is 0 Å². The standard InChI is InChI=1S/C24H34N2O3/c1-16-13-23(29-12-10-26(4)5)18(3)22-14-19(8-9-21(16)22)17(2)24(27)25-15-20-7-6-11-28-20/h6-7,11,13,17,19H,8-10,12,14-15H2,1-5H3,(H,25,27)/p+1/t17-,19+/m0/s1. The molecule has 1 aromatic heterocycles. The molecule has 0 bridgehead atoms. The lowest BCUT2D eigenvalue weighted by Gasteiger charge is -2.31. The van der Waals surface area contributed by atoms with Gasteiger partial charge in [-0.15, -0.1) is 0 Å². The van der Waals surface area contributed by atoms with Crippen molar-refractivity contribution in [2.24, 2.45) is 11.8 Å². The highest BCUT2D eigenvalue weighted by Gasteiger charge is 2.30. The lowest BCUT2D eigenvalue weighted by atomic mass is 9.74. The third-order valence-electron chi connectivity index (χ3n) is 6.24. The number of hydrogen-bond donors (Lipinski definition) is 2. The molecule has 2 N–H and O–H groups in total. The van der Waals surface area contributed by atoms with Gasteiger partial charge in [-0.1, -0.05) is 6.92 Å². The van der Waals surface area contributed by atoms with Gasteiger partial charge in [-0.3, -0.25) is 4.79 Å². The maximum atomic E-state index is 12.7. The van der Waals surface area contributed by atoms with E-state index in [1.807, 2.05) is 12.1 Å². The molecule has 3 rings (SSSR count). The summed E-state index contributed by atoms with van der Waals surface area (Å²) < 4.78 is 11.4. The molecule has 2 aromatic rings. The van der Waals surface area contributed by atoms with Gasteiger partial charge in [-0.25, -0.2) is 0 Å². The lowest BCUT2D eigenvalue weighted by Crippen LogP contribution is -3.06. The van der Waals surface area contributed by atoms with Crippen molar-refractivity contribution >= 4 is 5.91 Å². The summed E-state index contributed by atoms with van der Waals surface area (Å²) in [5.74, 6) is 2.20. The number of fused-ring (bicyclic) bond motifs is 1. The largest absolute Gasteiger partial charge is 0.487 e. The van der Waals surface area contributed by atoms with E-state index < -0.39 is 0 Å². The number of benzene rings is 1. The molecular formula is C24H35N2O3+. The molecule has 1 heterocycles. The number of carbonyl (C=O) groups is 1. The van der Waals surface area contributed by atoms with Gasteiger partial charge in [0.2, 0.25) is 5.91 Å². The second kappa shape index (κ2) is 9.49. The Hall–Kier alpha value is -2.27. The van der Waals surface area contributed by atoms with Crippen LogP contribution in [0.5, 0.6) is 5.75 Å². The summed E-state index contributed by atoms with van der Waals surface area (Å²) in [6.07, 6.45) is 4.65. The second-order valence-electron chi connectivity index (χ2n) is 8.67. The first-order chi connectivity index (χ1) is 13.9. The number of ether oxygens (including phenoxy) is 1. The van der Waals surface area contributed by atoms with Gasteiger partial charge in [0.1, 0.15) is 24.7 Å². The normalized spacial score (nSPS) is 17.1. The third kappa shape index (κ3) is 5.21. The Morgan fingerprint density at radius 3 is 2.83 bits per heavy atom. The van der Waals surface area contributed by atoms with E-state index in [9.17, 15) is 4.79 Å². The average molecular weight is 400 g/mol. The SMILES string of the molecule is Cc1cc(OCC[NH+](C)C)c(C)c2c1CC[C@@H]([C@H](C)C(=O)NCc1ccco1)C2. The zero-order valence-electron chi connectivity index (χ0n) is 18.4. The zero-order chi connectivity index (χ0) is 21.0. The molecule has 0 saturated carbocycles. The molecule has 5 heteroatoms. The van der Waals surface area contributed by atoms with Crippen molar-refractivity contribution in [1.82, 2.24) is 5.32 Å². The Labute approximate surface area is 174 Å². The predicted octanol–water partition coefficient (Wildman–Crippen LogP) is 2.48. The van der Waals surface area contributed by atoms with Crippen molar-refractivity contribution < 1.29 is 18.8 Å². The molecule has 0 aliphatic heterocycles. The van der Waals surface area contributed by atoms with Crippen LogP contribution in [0.3, 0.4) is 0 Å². The maximum Gasteiger partial charge on any atom is 0.223 e. The number of carbonyl (C=O) groups excluding carboxylic acids is 1. The quantitative estimate of drug-likeness (QED) is 0.717. The van der Waals surface area contributed by atoms with Crippen molar-refractivity contribution in [2.45, 2.75) is 46.6 Å².